The highest BCUT2D eigenvalue weighted by atomic mass is 35.5. The van der Waals surface area contributed by atoms with E-state index in [9.17, 15) is 0 Å². The Balaban J connectivity index is 1.87. The van der Waals surface area contributed by atoms with Gasteiger partial charge in [-0.2, -0.15) is 0 Å². The van der Waals surface area contributed by atoms with Crippen molar-refractivity contribution in [2.24, 2.45) is 0 Å². The molecule has 0 fully saturated rings. The van der Waals surface area contributed by atoms with E-state index in [1.807, 2.05) is 24.3 Å². The molecule has 0 heterocycles. The minimum atomic E-state index is 0.197. The fourth-order valence-corrected chi connectivity index (χ4v) is 2.53. The molecule has 0 aromatic heterocycles. The smallest absolute Gasteiger partial charge is 0.138 e. The summed E-state index contributed by atoms with van der Waals surface area (Å²) in [5.74, 6) is 1.43. The predicted molar refractivity (Wildman–Crippen MR) is 87.9 cm³/mol. The lowest BCUT2D eigenvalue weighted by Crippen LogP contribution is -2.10. The molecule has 0 aliphatic rings. The second kappa shape index (κ2) is 6.55. The highest BCUT2D eigenvalue weighted by Crippen LogP contribution is 2.26. The van der Waals surface area contributed by atoms with Crippen molar-refractivity contribution in [3.63, 3.8) is 0 Å². The predicted octanol–water partition coefficient (Wildman–Crippen LogP) is 5.77. The van der Waals surface area contributed by atoms with Crippen molar-refractivity contribution in [1.82, 2.24) is 0 Å². The Morgan fingerprint density at radius 3 is 2.10 bits per heavy atom. The van der Waals surface area contributed by atoms with E-state index in [0.29, 0.717) is 5.94 Å². The zero-order chi connectivity index (χ0) is 14.6. The average molecular weight is 307 g/mol. The van der Waals surface area contributed by atoms with Crippen LogP contribution in [0.25, 0.3) is 0 Å². The van der Waals surface area contributed by atoms with Gasteiger partial charge in [0.15, 0.2) is 0 Å². The molecule has 0 atom stereocenters. The molecule has 0 saturated heterocycles. The first kappa shape index (κ1) is 15.3. The Morgan fingerprint density at radius 2 is 1.55 bits per heavy atom. The van der Waals surface area contributed by atoms with E-state index in [2.05, 4.69) is 45.0 Å². The normalized spacial score (nSPS) is 11.4. The Kier molecular flexibility index (Phi) is 5.00. The lowest BCUT2D eigenvalue weighted by Gasteiger charge is -2.19. The summed E-state index contributed by atoms with van der Waals surface area (Å²) in [5.41, 5.74) is 1.55. The van der Waals surface area contributed by atoms with Crippen LogP contribution in [0.4, 0.5) is 0 Å². The first-order chi connectivity index (χ1) is 9.45. The Bertz CT molecular complexity index is 541. The molecule has 1 nitrogen and oxygen atoms in total. The van der Waals surface area contributed by atoms with Crippen LogP contribution in [0, 0.1) is 0 Å². The topological polar surface area (TPSA) is 9.23 Å². The monoisotopic (exact) mass is 306 g/mol. The number of thioether (sulfide) groups is 1. The van der Waals surface area contributed by atoms with E-state index >= 15 is 0 Å². The van der Waals surface area contributed by atoms with Crippen LogP contribution in [0.2, 0.25) is 5.02 Å². The summed E-state index contributed by atoms with van der Waals surface area (Å²) >= 11 is 7.52. The molecule has 0 N–H and O–H groups in total. The molecule has 0 spiro atoms. The van der Waals surface area contributed by atoms with Crippen LogP contribution in [0.3, 0.4) is 0 Å². The van der Waals surface area contributed by atoms with Gasteiger partial charge in [0.05, 0.1) is 0 Å². The molecule has 106 valence electrons. The van der Waals surface area contributed by atoms with Crippen molar-refractivity contribution in [1.29, 1.82) is 0 Å². The standard InChI is InChI=1S/C17H19ClOS/c1-17(2,3)13-4-10-16(11-5-13)20-12-19-15-8-6-14(18)7-9-15/h4-11H,12H2,1-3H3. The summed E-state index contributed by atoms with van der Waals surface area (Å²) in [6.07, 6.45) is 0. The number of hydrogen-bond donors (Lipinski definition) is 0. The fourth-order valence-electron chi connectivity index (χ4n) is 1.75. The second-order valence-electron chi connectivity index (χ2n) is 5.63. The largest absolute Gasteiger partial charge is 0.483 e. The molecule has 2 rings (SSSR count). The third-order valence-corrected chi connectivity index (χ3v) is 4.08. The second-order valence-corrected chi connectivity index (χ2v) is 7.07. The van der Waals surface area contributed by atoms with Gasteiger partial charge >= 0.3 is 0 Å². The molecule has 2 aromatic carbocycles. The van der Waals surface area contributed by atoms with Gasteiger partial charge in [-0.25, -0.2) is 0 Å². The van der Waals surface area contributed by atoms with Crippen LogP contribution in [0.15, 0.2) is 53.4 Å². The average Bonchev–Trinajstić information content (AvgIpc) is 2.41. The Hall–Kier alpha value is -1.12. The van der Waals surface area contributed by atoms with Crippen molar-refractivity contribution in [2.75, 3.05) is 5.94 Å². The van der Waals surface area contributed by atoms with Gasteiger partial charge in [-0.3, -0.25) is 0 Å². The molecule has 0 bridgehead atoms. The molecule has 0 aliphatic heterocycles. The van der Waals surface area contributed by atoms with Gasteiger partial charge in [0.25, 0.3) is 0 Å². The molecule has 0 radical (unpaired) electrons. The quantitative estimate of drug-likeness (QED) is 0.524. The summed E-state index contributed by atoms with van der Waals surface area (Å²) in [5, 5.41) is 0.725. The fraction of sp³-hybridized carbons (Fsp3) is 0.294. The summed E-state index contributed by atoms with van der Waals surface area (Å²) in [4.78, 5) is 1.21. The maximum Gasteiger partial charge on any atom is 0.138 e. The highest BCUT2D eigenvalue weighted by molar-refractivity contribution is 7.99. The lowest BCUT2D eigenvalue weighted by molar-refractivity contribution is 0.393. The third kappa shape index (κ3) is 4.46. The Morgan fingerprint density at radius 1 is 0.950 bits per heavy atom. The number of halogens is 1. The van der Waals surface area contributed by atoms with Crippen molar-refractivity contribution in [2.45, 2.75) is 31.1 Å². The van der Waals surface area contributed by atoms with E-state index in [0.717, 1.165) is 10.8 Å². The summed E-state index contributed by atoms with van der Waals surface area (Å²) < 4.78 is 5.67. The minimum Gasteiger partial charge on any atom is -0.483 e. The summed E-state index contributed by atoms with van der Waals surface area (Å²) in [6, 6.07) is 16.1. The SMILES string of the molecule is CC(C)(C)c1ccc(SCOc2ccc(Cl)cc2)cc1. The number of rotatable bonds is 4. The van der Waals surface area contributed by atoms with Crippen LogP contribution >= 0.6 is 23.4 Å². The Labute approximate surface area is 130 Å². The van der Waals surface area contributed by atoms with Crippen molar-refractivity contribution in [3.05, 3.63) is 59.1 Å². The first-order valence-electron chi connectivity index (χ1n) is 6.57. The van der Waals surface area contributed by atoms with Crippen molar-refractivity contribution in [3.8, 4) is 5.75 Å². The van der Waals surface area contributed by atoms with E-state index in [1.165, 1.54) is 10.5 Å². The molecular weight excluding hydrogens is 288 g/mol. The van der Waals surface area contributed by atoms with Gasteiger partial charge in [-0.15, -0.1) is 0 Å². The molecule has 0 saturated carbocycles. The van der Waals surface area contributed by atoms with Gasteiger partial charge in [-0.05, 0) is 47.4 Å². The molecule has 20 heavy (non-hydrogen) atoms. The van der Waals surface area contributed by atoms with Gasteiger partial charge in [0, 0.05) is 9.92 Å². The molecular formula is C17H19ClOS. The minimum absolute atomic E-state index is 0.197. The molecule has 0 aliphatic carbocycles. The van der Waals surface area contributed by atoms with Crippen LogP contribution in [0.5, 0.6) is 5.75 Å². The van der Waals surface area contributed by atoms with Gasteiger partial charge in [-0.1, -0.05) is 56.3 Å². The van der Waals surface area contributed by atoms with Crippen LogP contribution in [-0.2, 0) is 5.41 Å². The van der Waals surface area contributed by atoms with E-state index in [-0.39, 0.29) is 5.41 Å². The number of hydrogen-bond acceptors (Lipinski definition) is 2. The molecule has 0 unspecified atom stereocenters. The third-order valence-electron chi connectivity index (χ3n) is 2.99. The zero-order valence-corrected chi connectivity index (χ0v) is 13.6. The van der Waals surface area contributed by atoms with Gasteiger partial charge < -0.3 is 4.74 Å². The maximum absolute atomic E-state index is 5.83. The van der Waals surface area contributed by atoms with E-state index < -0.39 is 0 Å². The number of benzene rings is 2. The van der Waals surface area contributed by atoms with Crippen molar-refractivity contribution < 1.29 is 4.74 Å². The van der Waals surface area contributed by atoms with Crippen molar-refractivity contribution >= 4 is 23.4 Å². The van der Waals surface area contributed by atoms with Gasteiger partial charge in [0.1, 0.15) is 11.7 Å². The molecule has 3 heteroatoms. The summed E-state index contributed by atoms with van der Waals surface area (Å²) in [7, 11) is 0. The van der Waals surface area contributed by atoms with Gasteiger partial charge in [0.2, 0.25) is 0 Å². The molecule has 2 aromatic rings. The van der Waals surface area contributed by atoms with Crippen LogP contribution in [-0.4, -0.2) is 5.94 Å². The van der Waals surface area contributed by atoms with Crippen LogP contribution < -0.4 is 4.74 Å². The zero-order valence-electron chi connectivity index (χ0n) is 12.0. The van der Waals surface area contributed by atoms with E-state index in [1.54, 1.807) is 11.8 Å². The van der Waals surface area contributed by atoms with Crippen LogP contribution in [0.1, 0.15) is 26.3 Å². The van der Waals surface area contributed by atoms with E-state index in [4.69, 9.17) is 16.3 Å². The maximum atomic E-state index is 5.83. The lowest BCUT2D eigenvalue weighted by atomic mass is 9.87. The first-order valence-corrected chi connectivity index (χ1v) is 7.93. The number of ether oxygens (including phenoxy) is 1. The highest BCUT2D eigenvalue weighted by Gasteiger charge is 2.12. The summed E-state index contributed by atoms with van der Waals surface area (Å²) in [6.45, 7) is 6.66. The molecule has 0 amide bonds.